The first kappa shape index (κ1) is 15.5. The van der Waals surface area contributed by atoms with Gasteiger partial charge in [-0.2, -0.15) is 0 Å². The summed E-state index contributed by atoms with van der Waals surface area (Å²) < 4.78 is 2.01. The molecule has 2 heterocycles. The second kappa shape index (κ2) is 7.26. The number of hydrogen-bond acceptors (Lipinski definition) is 3. The number of nitrogens with zero attached hydrogens (tertiary/aromatic N) is 5. The van der Waals surface area contributed by atoms with Crippen LogP contribution in [0.4, 0.5) is 0 Å². The third-order valence-corrected chi connectivity index (χ3v) is 4.25. The average molecular weight is 312 g/mol. The van der Waals surface area contributed by atoms with Crippen molar-refractivity contribution in [1.82, 2.24) is 25.0 Å². The third kappa shape index (κ3) is 3.88. The summed E-state index contributed by atoms with van der Waals surface area (Å²) in [5.41, 5.74) is 1.22. The van der Waals surface area contributed by atoms with Crippen LogP contribution in [0.25, 0.3) is 0 Å². The molecule has 0 amide bonds. The first-order valence-electron chi connectivity index (χ1n) is 8.16. The molecule has 0 atom stereocenters. The average Bonchev–Trinajstić information content (AvgIpc) is 3.21. The van der Waals surface area contributed by atoms with Gasteiger partial charge in [-0.1, -0.05) is 30.3 Å². The molecule has 1 aromatic carbocycles. The summed E-state index contributed by atoms with van der Waals surface area (Å²) in [5.74, 6) is 2.81. The number of guanidine groups is 1. The lowest BCUT2D eigenvalue weighted by Crippen LogP contribution is -2.39. The van der Waals surface area contributed by atoms with E-state index in [4.69, 9.17) is 4.99 Å². The highest BCUT2D eigenvalue weighted by Crippen LogP contribution is 2.09. The number of nitrogens with one attached hydrogen (secondary N) is 1. The monoisotopic (exact) mass is 312 g/mol. The predicted octanol–water partition coefficient (Wildman–Crippen LogP) is 1.87. The van der Waals surface area contributed by atoms with E-state index in [2.05, 4.69) is 44.7 Å². The summed E-state index contributed by atoms with van der Waals surface area (Å²) >= 11 is 0. The third-order valence-electron chi connectivity index (χ3n) is 4.25. The van der Waals surface area contributed by atoms with Crippen molar-refractivity contribution in [2.45, 2.75) is 32.9 Å². The van der Waals surface area contributed by atoms with E-state index in [9.17, 15) is 0 Å². The molecule has 1 N–H and O–H groups in total. The van der Waals surface area contributed by atoms with Gasteiger partial charge in [0.25, 0.3) is 0 Å². The van der Waals surface area contributed by atoms with Crippen LogP contribution in [0.3, 0.4) is 0 Å². The Morgan fingerprint density at radius 1 is 1.17 bits per heavy atom. The predicted molar refractivity (Wildman–Crippen MR) is 91.0 cm³/mol. The van der Waals surface area contributed by atoms with Crippen molar-refractivity contribution in [3.63, 3.8) is 0 Å². The van der Waals surface area contributed by atoms with Crippen LogP contribution in [0, 0.1) is 6.92 Å². The van der Waals surface area contributed by atoms with Gasteiger partial charge in [0.05, 0.1) is 13.1 Å². The van der Waals surface area contributed by atoms with Crippen molar-refractivity contribution >= 4 is 5.96 Å². The summed E-state index contributed by atoms with van der Waals surface area (Å²) in [6, 6.07) is 10.4. The van der Waals surface area contributed by atoms with Crippen LogP contribution in [-0.2, 0) is 20.1 Å². The Balaban J connectivity index is 1.69. The fourth-order valence-corrected chi connectivity index (χ4v) is 2.71. The molecule has 1 aromatic heterocycles. The van der Waals surface area contributed by atoms with Crippen LogP contribution in [0.15, 0.2) is 35.3 Å². The van der Waals surface area contributed by atoms with E-state index < -0.39 is 0 Å². The molecule has 0 radical (unpaired) electrons. The zero-order valence-electron chi connectivity index (χ0n) is 13.9. The maximum atomic E-state index is 4.80. The van der Waals surface area contributed by atoms with E-state index in [0.717, 1.165) is 30.7 Å². The van der Waals surface area contributed by atoms with Crippen LogP contribution in [0.5, 0.6) is 0 Å². The van der Waals surface area contributed by atoms with E-state index >= 15 is 0 Å². The molecule has 23 heavy (non-hydrogen) atoms. The molecule has 1 aliphatic rings. The second-order valence-electron chi connectivity index (χ2n) is 5.90. The number of likely N-dealkylation sites (tertiary alicyclic amines) is 1. The first-order chi connectivity index (χ1) is 11.2. The molecule has 122 valence electrons. The quantitative estimate of drug-likeness (QED) is 0.691. The first-order valence-corrected chi connectivity index (χ1v) is 8.16. The van der Waals surface area contributed by atoms with E-state index in [0.29, 0.717) is 13.1 Å². The number of aromatic nitrogens is 3. The zero-order chi connectivity index (χ0) is 16.1. The van der Waals surface area contributed by atoms with Crippen LogP contribution in [0.2, 0.25) is 0 Å². The Morgan fingerprint density at radius 2 is 1.91 bits per heavy atom. The van der Waals surface area contributed by atoms with Crippen molar-refractivity contribution in [1.29, 1.82) is 0 Å². The Kier molecular flexibility index (Phi) is 4.90. The summed E-state index contributed by atoms with van der Waals surface area (Å²) in [4.78, 5) is 7.13. The van der Waals surface area contributed by atoms with Gasteiger partial charge in [0.1, 0.15) is 5.82 Å². The van der Waals surface area contributed by atoms with Crippen LogP contribution >= 0.6 is 0 Å². The molecule has 1 fully saturated rings. The van der Waals surface area contributed by atoms with Gasteiger partial charge in [-0.15, -0.1) is 10.2 Å². The SMILES string of the molecule is Cc1nnc(CNC(=NCc2ccccc2)N2CCCC2)n1C. The number of rotatable bonds is 4. The lowest BCUT2D eigenvalue weighted by Gasteiger charge is -2.21. The number of hydrogen-bond donors (Lipinski definition) is 1. The van der Waals surface area contributed by atoms with Crippen molar-refractivity contribution < 1.29 is 0 Å². The molecule has 3 rings (SSSR count). The lowest BCUT2D eigenvalue weighted by molar-refractivity contribution is 0.488. The van der Waals surface area contributed by atoms with Crippen LogP contribution < -0.4 is 5.32 Å². The maximum Gasteiger partial charge on any atom is 0.194 e. The van der Waals surface area contributed by atoms with Gasteiger partial charge in [-0.25, -0.2) is 4.99 Å². The largest absolute Gasteiger partial charge is 0.349 e. The fourth-order valence-electron chi connectivity index (χ4n) is 2.71. The summed E-state index contributed by atoms with van der Waals surface area (Å²) in [6.45, 7) is 5.43. The molecule has 0 aliphatic carbocycles. The second-order valence-corrected chi connectivity index (χ2v) is 5.90. The molecule has 0 unspecified atom stereocenters. The molecule has 6 nitrogen and oxygen atoms in total. The fraction of sp³-hybridized carbons (Fsp3) is 0.471. The van der Waals surface area contributed by atoms with Gasteiger partial charge in [0.2, 0.25) is 0 Å². The van der Waals surface area contributed by atoms with E-state index in [1.54, 1.807) is 0 Å². The Bertz CT molecular complexity index is 655. The highest BCUT2D eigenvalue weighted by atomic mass is 15.3. The van der Waals surface area contributed by atoms with Crippen molar-refractivity contribution in [2.24, 2.45) is 12.0 Å². The number of aryl methyl sites for hydroxylation is 1. The minimum Gasteiger partial charge on any atom is -0.349 e. The van der Waals surface area contributed by atoms with Crippen LogP contribution in [-0.4, -0.2) is 38.7 Å². The topological polar surface area (TPSA) is 58.3 Å². The summed E-state index contributed by atoms with van der Waals surface area (Å²) in [7, 11) is 1.99. The van der Waals surface area contributed by atoms with Crippen molar-refractivity contribution in [3.8, 4) is 0 Å². The number of benzene rings is 1. The van der Waals surface area contributed by atoms with Gasteiger partial charge < -0.3 is 14.8 Å². The molecule has 6 heteroatoms. The Labute approximate surface area is 137 Å². The lowest BCUT2D eigenvalue weighted by atomic mass is 10.2. The Hall–Kier alpha value is -2.37. The zero-order valence-corrected chi connectivity index (χ0v) is 13.9. The minimum atomic E-state index is 0.640. The highest BCUT2D eigenvalue weighted by Gasteiger charge is 2.16. The summed E-state index contributed by atoms with van der Waals surface area (Å²) in [6.07, 6.45) is 2.46. The van der Waals surface area contributed by atoms with Gasteiger partial charge in [-0.3, -0.25) is 0 Å². The van der Waals surface area contributed by atoms with Gasteiger partial charge in [-0.05, 0) is 25.3 Å². The van der Waals surface area contributed by atoms with Crippen LogP contribution in [0.1, 0.15) is 30.1 Å². The van der Waals surface area contributed by atoms with Gasteiger partial charge in [0, 0.05) is 20.1 Å². The smallest absolute Gasteiger partial charge is 0.194 e. The molecular formula is C17H24N6. The molecule has 0 bridgehead atoms. The maximum absolute atomic E-state index is 4.80. The Morgan fingerprint density at radius 3 is 2.57 bits per heavy atom. The van der Waals surface area contributed by atoms with Gasteiger partial charge >= 0.3 is 0 Å². The molecule has 0 spiro atoms. The standard InChI is InChI=1S/C17H24N6/c1-14-20-21-16(22(14)2)13-19-17(23-10-6-7-11-23)18-12-15-8-4-3-5-9-15/h3-5,8-9H,6-7,10-13H2,1-2H3,(H,18,19). The molecule has 0 saturated carbocycles. The normalized spacial score (nSPS) is 15.2. The molecule has 1 saturated heterocycles. The highest BCUT2D eigenvalue weighted by molar-refractivity contribution is 5.80. The van der Waals surface area contributed by atoms with Gasteiger partial charge in [0.15, 0.2) is 11.8 Å². The van der Waals surface area contributed by atoms with E-state index in [-0.39, 0.29) is 0 Å². The number of aliphatic imine (C=N–C) groups is 1. The van der Waals surface area contributed by atoms with E-state index in [1.165, 1.54) is 18.4 Å². The molecular weight excluding hydrogens is 288 g/mol. The van der Waals surface area contributed by atoms with Crippen molar-refractivity contribution in [2.75, 3.05) is 13.1 Å². The van der Waals surface area contributed by atoms with Crippen molar-refractivity contribution in [3.05, 3.63) is 47.5 Å². The molecule has 2 aromatic rings. The minimum absolute atomic E-state index is 0.640. The summed E-state index contributed by atoms with van der Waals surface area (Å²) in [5, 5.41) is 11.8. The van der Waals surface area contributed by atoms with E-state index in [1.807, 2.05) is 24.6 Å². The molecule has 1 aliphatic heterocycles.